The van der Waals surface area contributed by atoms with Gasteiger partial charge in [0.1, 0.15) is 6.07 Å². The molecule has 3 N–H and O–H groups in total. The molecule has 2 aliphatic rings. The Bertz CT molecular complexity index is 670. The van der Waals surface area contributed by atoms with Crippen LogP contribution in [0, 0.1) is 11.3 Å². The molecule has 2 atom stereocenters. The van der Waals surface area contributed by atoms with Gasteiger partial charge < -0.3 is 20.9 Å². The zero-order valence-corrected chi connectivity index (χ0v) is 14.9. The number of likely N-dealkylation sites (N-methyl/N-ethyl adjacent to an activating group) is 1. The van der Waals surface area contributed by atoms with E-state index in [9.17, 15) is 10.1 Å². The number of nitrogens with zero attached hydrogens (tertiary/aromatic N) is 3. The molecular weight excluding hydrogens is 316 g/mol. The molecule has 0 aromatic heterocycles. The molecule has 134 valence electrons. The van der Waals surface area contributed by atoms with Crippen LogP contribution in [0.1, 0.15) is 12.5 Å². The number of carbonyl (C=O) groups excluding carboxylic acids is 1. The number of para-hydroxylation sites is 1. The highest BCUT2D eigenvalue weighted by Gasteiger charge is 2.25. The summed E-state index contributed by atoms with van der Waals surface area (Å²) in [5.41, 5.74) is 2.54. The van der Waals surface area contributed by atoms with Gasteiger partial charge in [-0.3, -0.25) is 9.69 Å². The molecule has 1 amide bonds. The minimum atomic E-state index is 0.193. The summed E-state index contributed by atoms with van der Waals surface area (Å²) >= 11 is 0. The highest BCUT2D eigenvalue weighted by Crippen LogP contribution is 2.30. The molecule has 0 aliphatic carbocycles. The molecule has 25 heavy (non-hydrogen) atoms. The first kappa shape index (κ1) is 17.5. The van der Waals surface area contributed by atoms with Crippen LogP contribution in [0.2, 0.25) is 0 Å². The maximum Gasteiger partial charge on any atom is 0.236 e. The summed E-state index contributed by atoms with van der Waals surface area (Å²) in [5, 5.41) is 19.7. The number of nitriles is 1. The van der Waals surface area contributed by atoms with Crippen LogP contribution in [-0.2, 0) is 4.79 Å². The summed E-state index contributed by atoms with van der Waals surface area (Å²) in [6, 6.07) is 8.41. The fourth-order valence-electron chi connectivity index (χ4n) is 3.30. The van der Waals surface area contributed by atoms with Crippen molar-refractivity contribution in [3.05, 3.63) is 23.8 Å². The topological polar surface area (TPSA) is 83.4 Å². The van der Waals surface area contributed by atoms with Crippen molar-refractivity contribution in [1.29, 1.82) is 5.26 Å². The third-order valence-electron chi connectivity index (χ3n) is 5.06. The summed E-state index contributed by atoms with van der Waals surface area (Å²) in [7, 11) is 1.86. The molecule has 0 spiro atoms. The Kier molecular flexibility index (Phi) is 5.41. The lowest BCUT2D eigenvalue weighted by Crippen LogP contribution is -2.52. The van der Waals surface area contributed by atoms with Crippen LogP contribution in [0.25, 0.3) is 0 Å². The fourth-order valence-corrected chi connectivity index (χ4v) is 3.30. The zero-order valence-electron chi connectivity index (χ0n) is 14.9. The third-order valence-corrected chi connectivity index (χ3v) is 5.06. The van der Waals surface area contributed by atoms with E-state index in [0.717, 1.165) is 44.1 Å². The van der Waals surface area contributed by atoms with Crippen molar-refractivity contribution >= 4 is 17.3 Å². The number of carbonyl (C=O) groups is 1. The monoisotopic (exact) mass is 342 g/mol. The normalized spacial score (nSPS) is 21.7. The van der Waals surface area contributed by atoms with Crippen molar-refractivity contribution in [3.8, 4) is 6.07 Å². The Hall–Kier alpha value is -2.30. The quantitative estimate of drug-likeness (QED) is 0.723. The van der Waals surface area contributed by atoms with Crippen molar-refractivity contribution in [2.45, 2.75) is 19.0 Å². The molecule has 0 radical (unpaired) electrons. The lowest BCUT2D eigenvalue weighted by Gasteiger charge is -2.35. The van der Waals surface area contributed by atoms with Crippen molar-refractivity contribution in [1.82, 2.24) is 15.1 Å². The van der Waals surface area contributed by atoms with Crippen molar-refractivity contribution in [3.63, 3.8) is 0 Å². The molecule has 2 aliphatic heterocycles. The SMILES string of the molecule is C[C@@H](NCCN1CCN(C)C(=O)C1)[C@H]1CNc2cccc(C#N)c2N1. The van der Waals surface area contributed by atoms with Crippen LogP contribution in [0.15, 0.2) is 18.2 Å². The predicted molar refractivity (Wildman–Crippen MR) is 98.6 cm³/mol. The number of nitrogens with one attached hydrogen (secondary N) is 3. The van der Waals surface area contributed by atoms with Gasteiger partial charge in [-0.25, -0.2) is 0 Å². The van der Waals surface area contributed by atoms with Gasteiger partial charge in [-0.05, 0) is 19.1 Å². The van der Waals surface area contributed by atoms with Crippen LogP contribution < -0.4 is 16.0 Å². The lowest BCUT2D eigenvalue weighted by atomic mass is 10.0. The van der Waals surface area contributed by atoms with Crippen LogP contribution in [0.4, 0.5) is 11.4 Å². The molecule has 1 saturated heterocycles. The fraction of sp³-hybridized carbons (Fsp3) is 0.556. The van der Waals surface area contributed by atoms with Crippen LogP contribution in [-0.4, -0.2) is 74.1 Å². The second kappa shape index (κ2) is 7.72. The van der Waals surface area contributed by atoms with Crippen LogP contribution in [0.5, 0.6) is 0 Å². The van der Waals surface area contributed by atoms with Gasteiger partial charge in [-0.1, -0.05) is 6.07 Å². The molecule has 7 nitrogen and oxygen atoms in total. The van der Waals surface area contributed by atoms with Crippen molar-refractivity contribution < 1.29 is 4.79 Å². The molecule has 0 unspecified atom stereocenters. The van der Waals surface area contributed by atoms with E-state index < -0.39 is 0 Å². The number of hydrogen-bond acceptors (Lipinski definition) is 6. The largest absolute Gasteiger partial charge is 0.381 e. The Morgan fingerprint density at radius 1 is 1.44 bits per heavy atom. The Balaban J connectivity index is 1.49. The van der Waals surface area contributed by atoms with E-state index >= 15 is 0 Å². The molecule has 3 rings (SSSR count). The van der Waals surface area contributed by atoms with Crippen LogP contribution >= 0.6 is 0 Å². The van der Waals surface area contributed by atoms with E-state index in [0.29, 0.717) is 12.1 Å². The summed E-state index contributed by atoms with van der Waals surface area (Å²) in [4.78, 5) is 15.7. The summed E-state index contributed by atoms with van der Waals surface area (Å²) in [6.45, 7) is 6.90. The molecule has 1 fully saturated rings. The second-order valence-corrected chi connectivity index (χ2v) is 6.81. The number of benzene rings is 1. The third kappa shape index (κ3) is 4.03. The van der Waals surface area contributed by atoms with E-state index in [1.165, 1.54) is 0 Å². The van der Waals surface area contributed by atoms with E-state index in [4.69, 9.17) is 0 Å². The number of rotatable bonds is 5. The van der Waals surface area contributed by atoms with Gasteiger partial charge >= 0.3 is 0 Å². The molecule has 1 aromatic rings. The Morgan fingerprint density at radius 2 is 2.28 bits per heavy atom. The zero-order chi connectivity index (χ0) is 17.8. The maximum absolute atomic E-state index is 11.7. The van der Waals surface area contributed by atoms with Gasteiger partial charge in [0.2, 0.25) is 5.91 Å². The van der Waals surface area contributed by atoms with E-state index in [2.05, 4.69) is 33.8 Å². The highest BCUT2D eigenvalue weighted by atomic mass is 16.2. The number of anilines is 2. The lowest BCUT2D eigenvalue weighted by molar-refractivity contribution is -0.134. The first-order chi connectivity index (χ1) is 12.1. The average molecular weight is 342 g/mol. The predicted octanol–water partition coefficient (Wildman–Crippen LogP) is 0.516. The van der Waals surface area contributed by atoms with Gasteiger partial charge in [0.15, 0.2) is 0 Å². The van der Waals surface area contributed by atoms with Gasteiger partial charge in [-0.15, -0.1) is 0 Å². The van der Waals surface area contributed by atoms with E-state index in [1.807, 2.05) is 25.2 Å². The summed E-state index contributed by atoms with van der Waals surface area (Å²) in [5.74, 6) is 0.193. The maximum atomic E-state index is 11.7. The molecule has 1 aromatic carbocycles. The first-order valence-electron chi connectivity index (χ1n) is 8.81. The molecule has 2 heterocycles. The molecule has 0 bridgehead atoms. The summed E-state index contributed by atoms with van der Waals surface area (Å²) in [6.07, 6.45) is 0. The minimum Gasteiger partial charge on any atom is -0.381 e. The standard InChI is InChI=1S/C18H26N6O/c1-13(20-6-7-24-9-8-23(2)17(25)12-24)16-11-21-15-5-3-4-14(10-19)18(15)22-16/h3-5,13,16,20-22H,6-9,11-12H2,1-2H3/t13-,16-/m1/s1. The van der Waals surface area contributed by atoms with Gasteiger partial charge in [-0.2, -0.15) is 5.26 Å². The van der Waals surface area contributed by atoms with Gasteiger partial charge in [0.05, 0.1) is 29.5 Å². The van der Waals surface area contributed by atoms with Gasteiger partial charge in [0.25, 0.3) is 0 Å². The summed E-state index contributed by atoms with van der Waals surface area (Å²) < 4.78 is 0. The minimum absolute atomic E-state index is 0.193. The number of amides is 1. The van der Waals surface area contributed by atoms with Crippen molar-refractivity contribution in [2.75, 3.05) is 56.9 Å². The Morgan fingerprint density at radius 3 is 3.04 bits per heavy atom. The van der Waals surface area contributed by atoms with Gasteiger partial charge in [0, 0.05) is 45.8 Å². The van der Waals surface area contributed by atoms with E-state index in [1.54, 1.807) is 4.90 Å². The van der Waals surface area contributed by atoms with Crippen LogP contribution in [0.3, 0.4) is 0 Å². The number of fused-ring (bicyclic) bond motifs is 1. The smallest absolute Gasteiger partial charge is 0.236 e. The first-order valence-corrected chi connectivity index (χ1v) is 8.81. The number of hydrogen-bond donors (Lipinski definition) is 3. The molecular formula is C18H26N6O. The Labute approximate surface area is 149 Å². The molecule has 7 heteroatoms. The second-order valence-electron chi connectivity index (χ2n) is 6.81. The molecule has 0 saturated carbocycles. The highest BCUT2D eigenvalue weighted by molar-refractivity contribution is 5.78. The average Bonchev–Trinajstić information content (AvgIpc) is 2.63. The number of piperazine rings is 1. The van der Waals surface area contributed by atoms with Crippen molar-refractivity contribution in [2.24, 2.45) is 0 Å². The van der Waals surface area contributed by atoms with E-state index in [-0.39, 0.29) is 18.0 Å².